The summed E-state index contributed by atoms with van der Waals surface area (Å²) >= 11 is 0. The maximum absolute atomic E-state index is 5.48. The van der Waals surface area contributed by atoms with Crippen LogP contribution in [0.1, 0.15) is 29.5 Å². The number of nitrogens with zero attached hydrogens (tertiary/aromatic N) is 2. The lowest BCUT2D eigenvalue weighted by Crippen LogP contribution is -2.36. The molecule has 3 nitrogen and oxygen atoms in total. The molecule has 0 saturated carbocycles. The average Bonchev–Trinajstić information content (AvgIpc) is 3.17. The lowest BCUT2D eigenvalue weighted by Gasteiger charge is -2.29. The summed E-state index contributed by atoms with van der Waals surface area (Å²) < 4.78 is 7.70. The molecule has 0 bridgehead atoms. The predicted octanol–water partition coefficient (Wildman–Crippen LogP) is 4.97. The Morgan fingerprint density at radius 2 is 1.74 bits per heavy atom. The van der Waals surface area contributed by atoms with Gasteiger partial charge in [0, 0.05) is 36.9 Å². The first-order valence-corrected chi connectivity index (χ1v) is 9.85. The van der Waals surface area contributed by atoms with E-state index in [1.807, 2.05) is 0 Å². The van der Waals surface area contributed by atoms with Gasteiger partial charge in [0.1, 0.15) is 0 Å². The first kappa shape index (κ1) is 17.9. The fourth-order valence-corrected chi connectivity index (χ4v) is 3.83. The van der Waals surface area contributed by atoms with Crippen molar-refractivity contribution in [1.82, 2.24) is 4.57 Å². The smallest absolute Gasteiger partial charge is 0.0642 e. The molecule has 3 aromatic rings. The van der Waals surface area contributed by atoms with Gasteiger partial charge in [-0.15, -0.1) is 0 Å². The first-order valence-electron chi connectivity index (χ1n) is 9.85. The van der Waals surface area contributed by atoms with Gasteiger partial charge < -0.3 is 14.2 Å². The largest absolute Gasteiger partial charge is 0.378 e. The topological polar surface area (TPSA) is 17.4 Å². The van der Waals surface area contributed by atoms with E-state index in [0.29, 0.717) is 5.92 Å². The molecule has 1 atom stereocenters. The molecule has 0 spiro atoms. The highest BCUT2D eigenvalue weighted by molar-refractivity contribution is 5.50. The number of aromatic nitrogens is 1. The van der Waals surface area contributed by atoms with Crippen LogP contribution in [-0.4, -0.2) is 30.9 Å². The number of benzene rings is 2. The zero-order chi connectivity index (χ0) is 18.6. The second kappa shape index (κ2) is 8.01. The Balaban J connectivity index is 1.47. The van der Waals surface area contributed by atoms with Crippen molar-refractivity contribution < 1.29 is 4.74 Å². The van der Waals surface area contributed by atoms with Gasteiger partial charge in [0.05, 0.1) is 13.2 Å². The molecule has 0 unspecified atom stereocenters. The highest BCUT2D eigenvalue weighted by Gasteiger charge is 2.14. The van der Waals surface area contributed by atoms with Gasteiger partial charge in [0.25, 0.3) is 0 Å². The van der Waals surface area contributed by atoms with E-state index in [9.17, 15) is 0 Å². The Hall–Kier alpha value is -2.52. The van der Waals surface area contributed by atoms with Gasteiger partial charge in [-0.25, -0.2) is 0 Å². The van der Waals surface area contributed by atoms with Crippen molar-refractivity contribution in [3.05, 3.63) is 83.7 Å². The summed E-state index contributed by atoms with van der Waals surface area (Å²) in [5.74, 6) is 0.486. The van der Waals surface area contributed by atoms with E-state index < -0.39 is 0 Å². The minimum atomic E-state index is 0.486. The van der Waals surface area contributed by atoms with Crippen LogP contribution in [-0.2, 0) is 11.2 Å². The van der Waals surface area contributed by atoms with Crippen LogP contribution in [0.25, 0.3) is 5.69 Å². The number of rotatable bonds is 5. The maximum atomic E-state index is 5.48. The molecule has 1 aliphatic heterocycles. The molecule has 3 heteroatoms. The molecule has 1 fully saturated rings. The molecule has 2 heterocycles. The number of aryl methyl sites for hydroxylation is 1. The number of hydrogen-bond donors (Lipinski definition) is 0. The number of morpholine rings is 1. The third-order valence-electron chi connectivity index (χ3n) is 5.41. The second-order valence-electron chi connectivity index (χ2n) is 7.57. The second-order valence-corrected chi connectivity index (χ2v) is 7.57. The van der Waals surface area contributed by atoms with Crippen molar-refractivity contribution in [2.45, 2.75) is 26.2 Å². The van der Waals surface area contributed by atoms with E-state index in [-0.39, 0.29) is 0 Å². The van der Waals surface area contributed by atoms with Crippen LogP contribution >= 0.6 is 0 Å². The van der Waals surface area contributed by atoms with Crippen LogP contribution in [0.3, 0.4) is 0 Å². The standard InChI is InChI=1S/C24H28N2O/c1-19-5-3-7-23(15-19)26-10-9-21(18-26)16-20(2)22-6-4-8-24(17-22)25-11-13-27-14-12-25/h3-10,15,17-18,20H,11-14,16H2,1-2H3/t20-/m0/s1. The summed E-state index contributed by atoms with van der Waals surface area (Å²) in [5, 5.41) is 0. The number of ether oxygens (including phenoxy) is 1. The van der Waals surface area contributed by atoms with Gasteiger partial charge in [-0.05, 0) is 66.3 Å². The Bertz CT molecular complexity index is 893. The van der Waals surface area contributed by atoms with Crippen LogP contribution in [0.15, 0.2) is 67.0 Å². The molecular weight excluding hydrogens is 332 g/mol. The minimum absolute atomic E-state index is 0.486. The van der Waals surface area contributed by atoms with Crippen molar-refractivity contribution in [2.75, 3.05) is 31.2 Å². The fourth-order valence-electron chi connectivity index (χ4n) is 3.83. The minimum Gasteiger partial charge on any atom is -0.378 e. The van der Waals surface area contributed by atoms with E-state index in [2.05, 4.69) is 90.3 Å². The Labute approximate surface area is 162 Å². The van der Waals surface area contributed by atoms with E-state index in [4.69, 9.17) is 4.74 Å². The Morgan fingerprint density at radius 1 is 0.963 bits per heavy atom. The predicted molar refractivity (Wildman–Crippen MR) is 112 cm³/mol. The normalized spacial score (nSPS) is 15.7. The van der Waals surface area contributed by atoms with Crippen molar-refractivity contribution in [3.63, 3.8) is 0 Å². The molecular formula is C24H28N2O. The maximum Gasteiger partial charge on any atom is 0.0642 e. The monoisotopic (exact) mass is 360 g/mol. The molecule has 1 saturated heterocycles. The zero-order valence-electron chi connectivity index (χ0n) is 16.3. The van der Waals surface area contributed by atoms with E-state index >= 15 is 0 Å². The average molecular weight is 361 g/mol. The molecule has 1 aromatic heterocycles. The number of anilines is 1. The van der Waals surface area contributed by atoms with E-state index in [1.54, 1.807) is 0 Å². The van der Waals surface area contributed by atoms with Crippen LogP contribution in [0.4, 0.5) is 5.69 Å². The molecule has 27 heavy (non-hydrogen) atoms. The van der Waals surface area contributed by atoms with Crippen molar-refractivity contribution >= 4 is 5.69 Å². The highest BCUT2D eigenvalue weighted by atomic mass is 16.5. The quantitative estimate of drug-likeness (QED) is 0.639. The third kappa shape index (κ3) is 4.25. The lowest BCUT2D eigenvalue weighted by molar-refractivity contribution is 0.122. The fraction of sp³-hybridized carbons (Fsp3) is 0.333. The van der Waals surface area contributed by atoms with Gasteiger partial charge in [0.15, 0.2) is 0 Å². The summed E-state index contributed by atoms with van der Waals surface area (Å²) in [5.41, 5.74) is 6.61. The van der Waals surface area contributed by atoms with Gasteiger partial charge in [-0.3, -0.25) is 0 Å². The molecule has 2 aromatic carbocycles. The molecule has 1 aliphatic rings. The summed E-state index contributed by atoms with van der Waals surface area (Å²) in [6, 6.07) is 19.9. The third-order valence-corrected chi connectivity index (χ3v) is 5.41. The summed E-state index contributed by atoms with van der Waals surface area (Å²) in [7, 11) is 0. The summed E-state index contributed by atoms with van der Waals surface area (Å²) in [4.78, 5) is 2.42. The van der Waals surface area contributed by atoms with Crippen LogP contribution in [0.5, 0.6) is 0 Å². The zero-order valence-corrected chi connectivity index (χ0v) is 16.3. The van der Waals surface area contributed by atoms with E-state index in [0.717, 1.165) is 32.7 Å². The van der Waals surface area contributed by atoms with Gasteiger partial charge >= 0.3 is 0 Å². The molecule has 140 valence electrons. The molecule has 0 aliphatic carbocycles. The molecule has 0 amide bonds. The first-order chi connectivity index (χ1) is 13.2. The Morgan fingerprint density at radius 3 is 2.56 bits per heavy atom. The van der Waals surface area contributed by atoms with Crippen molar-refractivity contribution in [3.8, 4) is 5.69 Å². The van der Waals surface area contributed by atoms with Crippen LogP contribution in [0.2, 0.25) is 0 Å². The van der Waals surface area contributed by atoms with Gasteiger partial charge in [-0.1, -0.05) is 31.2 Å². The summed E-state index contributed by atoms with van der Waals surface area (Å²) in [6.07, 6.45) is 5.48. The van der Waals surface area contributed by atoms with Crippen LogP contribution in [0, 0.1) is 6.92 Å². The summed E-state index contributed by atoms with van der Waals surface area (Å²) in [6.45, 7) is 8.08. The van der Waals surface area contributed by atoms with E-state index in [1.165, 1.54) is 28.1 Å². The van der Waals surface area contributed by atoms with Crippen LogP contribution < -0.4 is 4.90 Å². The lowest BCUT2D eigenvalue weighted by atomic mass is 9.94. The molecule has 4 rings (SSSR count). The van der Waals surface area contributed by atoms with Gasteiger partial charge in [0.2, 0.25) is 0 Å². The highest BCUT2D eigenvalue weighted by Crippen LogP contribution is 2.26. The Kier molecular flexibility index (Phi) is 5.30. The molecule has 0 N–H and O–H groups in total. The SMILES string of the molecule is Cc1cccc(-n2ccc(C[C@H](C)c3cccc(N4CCOCC4)c3)c2)c1. The van der Waals surface area contributed by atoms with Gasteiger partial charge in [-0.2, -0.15) is 0 Å². The number of hydrogen-bond acceptors (Lipinski definition) is 2. The van der Waals surface area contributed by atoms with Crippen molar-refractivity contribution in [2.24, 2.45) is 0 Å². The van der Waals surface area contributed by atoms with Crippen molar-refractivity contribution in [1.29, 1.82) is 0 Å². The molecule has 0 radical (unpaired) electrons.